The Morgan fingerprint density at radius 2 is 1.91 bits per heavy atom. The first kappa shape index (κ1) is 24.4. The number of carbonyl (C=O) groups excluding carboxylic acids is 2. The molecule has 0 saturated carbocycles. The fraction of sp³-hybridized carbons (Fsp3) is 0.385. The lowest BCUT2D eigenvalue weighted by molar-refractivity contribution is -0.140. The quantitative estimate of drug-likeness (QED) is 0.333. The maximum absolute atomic E-state index is 13.2. The van der Waals surface area contributed by atoms with Gasteiger partial charge in [0.1, 0.15) is 11.5 Å². The fourth-order valence-electron chi connectivity index (χ4n) is 4.60. The van der Waals surface area contributed by atoms with Gasteiger partial charge in [0.25, 0.3) is 11.7 Å². The number of hydrogen-bond acceptors (Lipinski definition) is 6. The Kier molecular flexibility index (Phi) is 7.70. The van der Waals surface area contributed by atoms with Crippen molar-refractivity contribution in [1.29, 1.82) is 0 Å². The first-order valence-corrected chi connectivity index (χ1v) is 12.2. The van der Waals surface area contributed by atoms with Gasteiger partial charge in [-0.05, 0) is 54.8 Å². The van der Waals surface area contributed by atoms with Crippen LogP contribution in [0.1, 0.15) is 29.2 Å². The van der Waals surface area contributed by atoms with Gasteiger partial charge in [0.05, 0.1) is 31.9 Å². The summed E-state index contributed by atoms with van der Waals surface area (Å²) in [5, 5.41) is 11.2. The monoisotopic (exact) mass is 528 g/mol. The average Bonchev–Trinajstić information content (AvgIpc) is 3.09. The maximum atomic E-state index is 13.2. The van der Waals surface area contributed by atoms with E-state index in [1.807, 2.05) is 31.2 Å². The van der Waals surface area contributed by atoms with Gasteiger partial charge in [-0.3, -0.25) is 14.5 Å². The minimum atomic E-state index is -0.665. The maximum Gasteiger partial charge on any atom is 0.295 e. The highest BCUT2D eigenvalue weighted by atomic mass is 79.9. The van der Waals surface area contributed by atoms with Crippen molar-refractivity contribution in [3.8, 4) is 5.75 Å². The van der Waals surface area contributed by atoms with Gasteiger partial charge >= 0.3 is 0 Å². The number of nitrogens with zero attached hydrogens (tertiary/aromatic N) is 2. The number of morpholine rings is 1. The number of rotatable bonds is 7. The summed E-state index contributed by atoms with van der Waals surface area (Å²) in [6, 6.07) is 12.1. The Morgan fingerprint density at radius 1 is 1.15 bits per heavy atom. The van der Waals surface area contributed by atoms with Crippen LogP contribution in [0.2, 0.25) is 0 Å². The Labute approximate surface area is 208 Å². The Hall–Kier alpha value is -2.68. The number of amides is 1. The van der Waals surface area contributed by atoms with Gasteiger partial charge in [0.15, 0.2) is 0 Å². The van der Waals surface area contributed by atoms with Crippen molar-refractivity contribution in [2.45, 2.75) is 19.4 Å². The van der Waals surface area contributed by atoms with Crippen molar-refractivity contribution >= 4 is 33.4 Å². The van der Waals surface area contributed by atoms with Gasteiger partial charge in [0.2, 0.25) is 0 Å². The number of ether oxygens (including phenoxy) is 2. The third kappa shape index (κ3) is 5.04. The highest BCUT2D eigenvalue weighted by Gasteiger charge is 2.45. The molecule has 1 atom stereocenters. The molecule has 2 aromatic carbocycles. The molecule has 2 fully saturated rings. The highest BCUT2D eigenvalue weighted by molar-refractivity contribution is 9.10. The summed E-state index contributed by atoms with van der Waals surface area (Å²) in [4.78, 5) is 30.2. The van der Waals surface area contributed by atoms with Crippen LogP contribution in [-0.2, 0) is 14.3 Å². The van der Waals surface area contributed by atoms with Crippen LogP contribution in [0.15, 0.2) is 52.5 Å². The summed E-state index contributed by atoms with van der Waals surface area (Å²) in [6.07, 6.45) is 0.721. The van der Waals surface area contributed by atoms with Crippen LogP contribution >= 0.6 is 15.9 Å². The second-order valence-electron chi connectivity index (χ2n) is 8.54. The van der Waals surface area contributed by atoms with Crippen molar-refractivity contribution in [2.24, 2.45) is 0 Å². The van der Waals surface area contributed by atoms with Crippen LogP contribution in [0, 0.1) is 6.92 Å². The summed E-state index contributed by atoms with van der Waals surface area (Å²) in [5.74, 6) is -0.741. The summed E-state index contributed by atoms with van der Waals surface area (Å²) < 4.78 is 11.6. The Balaban J connectivity index is 1.69. The number of likely N-dealkylation sites (tertiary alicyclic amines) is 1. The smallest absolute Gasteiger partial charge is 0.295 e. The second kappa shape index (κ2) is 10.7. The lowest BCUT2D eigenvalue weighted by Gasteiger charge is -2.29. The van der Waals surface area contributed by atoms with E-state index in [4.69, 9.17) is 9.47 Å². The van der Waals surface area contributed by atoms with Gasteiger partial charge < -0.3 is 19.5 Å². The second-order valence-corrected chi connectivity index (χ2v) is 9.46. The van der Waals surface area contributed by atoms with Crippen molar-refractivity contribution in [1.82, 2.24) is 9.80 Å². The van der Waals surface area contributed by atoms with E-state index in [0.717, 1.165) is 41.7 Å². The molecule has 0 aromatic heterocycles. The number of aliphatic hydroxyl groups is 1. The van der Waals surface area contributed by atoms with Gasteiger partial charge in [0, 0.05) is 36.2 Å². The molecule has 2 aromatic rings. The third-order valence-corrected chi connectivity index (χ3v) is 6.84. The molecule has 1 unspecified atom stereocenters. The molecular formula is C26H29BrN2O5. The van der Waals surface area contributed by atoms with Crippen LogP contribution < -0.4 is 4.74 Å². The van der Waals surface area contributed by atoms with Gasteiger partial charge in [-0.15, -0.1) is 0 Å². The highest BCUT2D eigenvalue weighted by Crippen LogP contribution is 2.40. The van der Waals surface area contributed by atoms with Crippen LogP contribution in [0.3, 0.4) is 0 Å². The third-order valence-electron chi connectivity index (χ3n) is 6.35. The van der Waals surface area contributed by atoms with Crippen molar-refractivity contribution < 1.29 is 24.2 Å². The number of benzene rings is 2. The van der Waals surface area contributed by atoms with E-state index in [1.54, 1.807) is 30.2 Å². The molecule has 2 aliphatic rings. The number of methoxy groups -OCH3 is 1. The Bertz CT molecular complexity index is 1110. The number of halogens is 1. The zero-order valence-corrected chi connectivity index (χ0v) is 21.0. The molecule has 1 amide bonds. The summed E-state index contributed by atoms with van der Waals surface area (Å²) in [7, 11) is 1.58. The average molecular weight is 529 g/mol. The standard InChI is InChI=1S/C26H29BrN2O5/c1-17-15-19(7-8-21(17)33-2)24(30)22-23(18-5-3-6-20(27)16-18)29(26(32)25(22)31)10-4-9-28-11-13-34-14-12-28/h3,5-8,15-16,23,30H,4,9-14H2,1-2H3/b24-22+. The zero-order valence-electron chi connectivity index (χ0n) is 19.4. The number of aryl methyl sites for hydroxylation is 1. The van der Waals surface area contributed by atoms with Crippen LogP contribution in [0.4, 0.5) is 0 Å². The first-order valence-electron chi connectivity index (χ1n) is 11.4. The molecule has 2 aliphatic heterocycles. The molecule has 34 heavy (non-hydrogen) atoms. The molecule has 0 spiro atoms. The van der Waals surface area contributed by atoms with E-state index >= 15 is 0 Å². The molecule has 0 radical (unpaired) electrons. The SMILES string of the molecule is COc1ccc(/C(O)=C2\C(=O)C(=O)N(CCCN3CCOCC3)C2c2cccc(Br)c2)cc1C. The Morgan fingerprint density at radius 3 is 2.59 bits per heavy atom. The van der Waals surface area contributed by atoms with Gasteiger partial charge in [-0.25, -0.2) is 0 Å². The van der Waals surface area contributed by atoms with Crippen LogP contribution in [-0.4, -0.2) is 73.1 Å². The molecule has 7 nitrogen and oxygen atoms in total. The molecule has 1 N–H and O–H groups in total. The predicted octanol–water partition coefficient (Wildman–Crippen LogP) is 3.91. The van der Waals surface area contributed by atoms with E-state index < -0.39 is 17.7 Å². The van der Waals surface area contributed by atoms with Crippen LogP contribution in [0.5, 0.6) is 5.75 Å². The minimum absolute atomic E-state index is 0.110. The topological polar surface area (TPSA) is 79.3 Å². The summed E-state index contributed by atoms with van der Waals surface area (Å²) in [6.45, 7) is 6.25. The van der Waals surface area contributed by atoms with E-state index in [9.17, 15) is 14.7 Å². The van der Waals surface area contributed by atoms with Crippen molar-refractivity contribution in [2.75, 3.05) is 46.5 Å². The van der Waals surface area contributed by atoms with E-state index in [2.05, 4.69) is 20.8 Å². The van der Waals surface area contributed by atoms with Gasteiger partial charge in [-0.1, -0.05) is 28.1 Å². The minimum Gasteiger partial charge on any atom is -0.507 e. The fourth-order valence-corrected chi connectivity index (χ4v) is 5.02. The number of aliphatic hydroxyl groups excluding tert-OH is 1. The molecule has 0 bridgehead atoms. The summed E-state index contributed by atoms with van der Waals surface area (Å²) in [5.41, 5.74) is 2.18. The zero-order chi connectivity index (χ0) is 24.2. The molecule has 4 rings (SSSR count). The van der Waals surface area contributed by atoms with E-state index in [0.29, 0.717) is 31.1 Å². The lowest BCUT2D eigenvalue weighted by Crippen LogP contribution is -2.38. The molecular weight excluding hydrogens is 500 g/mol. The molecule has 2 saturated heterocycles. The number of carbonyl (C=O) groups is 2. The number of Topliss-reactive ketones (excluding diaryl/α,β-unsaturated/α-hetero) is 1. The normalized spacial score (nSPS) is 20.7. The molecule has 0 aliphatic carbocycles. The molecule has 8 heteroatoms. The summed E-state index contributed by atoms with van der Waals surface area (Å²) >= 11 is 3.49. The van der Waals surface area contributed by atoms with E-state index in [1.165, 1.54) is 0 Å². The van der Waals surface area contributed by atoms with Crippen molar-refractivity contribution in [3.05, 3.63) is 69.2 Å². The van der Waals surface area contributed by atoms with Gasteiger partial charge in [-0.2, -0.15) is 0 Å². The first-order chi connectivity index (χ1) is 16.4. The number of ketones is 1. The molecule has 180 valence electrons. The predicted molar refractivity (Wildman–Crippen MR) is 133 cm³/mol. The molecule has 2 heterocycles. The largest absolute Gasteiger partial charge is 0.507 e. The number of hydrogen-bond donors (Lipinski definition) is 1. The van der Waals surface area contributed by atoms with Crippen molar-refractivity contribution in [3.63, 3.8) is 0 Å². The van der Waals surface area contributed by atoms with E-state index in [-0.39, 0.29) is 11.3 Å². The van der Waals surface area contributed by atoms with Crippen LogP contribution in [0.25, 0.3) is 5.76 Å². The lowest BCUT2D eigenvalue weighted by atomic mass is 9.94.